The van der Waals surface area contributed by atoms with Crippen LogP contribution < -0.4 is 14.2 Å². The summed E-state index contributed by atoms with van der Waals surface area (Å²) < 4.78 is 12.2. The highest BCUT2D eigenvalue weighted by molar-refractivity contribution is 5.91. The molecule has 0 radical (unpaired) electrons. The van der Waals surface area contributed by atoms with Crippen molar-refractivity contribution in [2.24, 2.45) is 0 Å². The Morgan fingerprint density at radius 2 is 1.85 bits per heavy atom. The summed E-state index contributed by atoms with van der Waals surface area (Å²) in [5.41, 5.74) is 2.51. The van der Waals surface area contributed by atoms with Crippen molar-refractivity contribution in [1.82, 2.24) is 4.90 Å². The summed E-state index contributed by atoms with van der Waals surface area (Å²) in [5.74, 6) is 1.35. The smallest absolute Gasteiger partial charge is 0.320 e. The summed E-state index contributed by atoms with van der Waals surface area (Å²) in [6, 6.07) is 9.12. The molecule has 140 valence electrons. The van der Waals surface area contributed by atoms with Crippen molar-refractivity contribution in [2.75, 3.05) is 19.8 Å². The number of hydrogen-bond donors (Lipinski definition) is 0. The number of benzene rings is 1. The summed E-state index contributed by atoms with van der Waals surface area (Å²) in [6.45, 7) is 2.25. The zero-order valence-electron chi connectivity index (χ0n) is 15.1. The summed E-state index contributed by atoms with van der Waals surface area (Å²) in [7, 11) is 0. The van der Waals surface area contributed by atoms with Gasteiger partial charge >= 0.3 is 5.91 Å². The Bertz CT molecular complexity index is 905. The van der Waals surface area contributed by atoms with Gasteiger partial charge in [-0.05, 0) is 42.2 Å². The van der Waals surface area contributed by atoms with Gasteiger partial charge in [0.15, 0.2) is 17.7 Å². The molecule has 1 saturated carbocycles. The number of ether oxygens (including phenoxy) is 2. The lowest BCUT2D eigenvalue weighted by Gasteiger charge is -2.42. The highest BCUT2D eigenvalue weighted by Gasteiger charge is 2.44. The lowest BCUT2D eigenvalue weighted by atomic mass is 9.73. The van der Waals surface area contributed by atoms with E-state index in [1.54, 1.807) is 18.2 Å². The molecule has 0 unspecified atom stereocenters. The molecule has 27 heavy (non-hydrogen) atoms. The number of carbonyl (C=O) groups excluding carboxylic acids is 1. The molecule has 2 aromatic rings. The highest BCUT2D eigenvalue weighted by Crippen LogP contribution is 2.49. The van der Waals surface area contributed by atoms with Gasteiger partial charge in [-0.3, -0.25) is 4.79 Å². The van der Waals surface area contributed by atoms with Gasteiger partial charge in [-0.1, -0.05) is 12.8 Å². The van der Waals surface area contributed by atoms with Crippen molar-refractivity contribution in [2.45, 2.75) is 37.6 Å². The van der Waals surface area contributed by atoms with Gasteiger partial charge in [0.25, 0.3) is 5.69 Å². The van der Waals surface area contributed by atoms with Crippen LogP contribution in [-0.4, -0.2) is 30.6 Å². The molecule has 3 heterocycles. The lowest BCUT2D eigenvalue weighted by Crippen LogP contribution is -2.49. The first-order valence-corrected chi connectivity index (χ1v) is 9.57. The van der Waals surface area contributed by atoms with Gasteiger partial charge in [0.2, 0.25) is 0 Å². The van der Waals surface area contributed by atoms with E-state index >= 15 is 0 Å². The maximum Gasteiger partial charge on any atom is 0.320 e. The summed E-state index contributed by atoms with van der Waals surface area (Å²) in [5, 5.41) is 12.1. The van der Waals surface area contributed by atoms with E-state index in [2.05, 4.69) is 6.07 Å². The number of hydrogen-bond acceptors (Lipinski definition) is 4. The number of carbonyl (C=O) groups is 1. The van der Waals surface area contributed by atoms with Crippen LogP contribution in [0.4, 0.5) is 0 Å². The van der Waals surface area contributed by atoms with Crippen LogP contribution in [-0.2, 0) is 12.0 Å². The second kappa shape index (κ2) is 6.15. The second-order valence-corrected chi connectivity index (χ2v) is 7.71. The Morgan fingerprint density at radius 1 is 1.11 bits per heavy atom. The van der Waals surface area contributed by atoms with Gasteiger partial charge in [0.05, 0.1) is 0 Å². The zero-order valence-corrected chi connectivity index (χ0v) is 15.1. The Balaban J connectivity index is 1.57. The molecule has 1 amide bonds. The molecular weight excluding hydrogens is 344 g/mol. The fraction of sp³-hybridized carbons (Fsp3) is 0.429. The number of aromatic nitrogens is 1. The van der Waals surface area contributed by atoms with E-state index in [1.807, 2.05) is 11.0 Å². The topological polar surface area (TPSA) is 65.7 Å². The molecule has 1 aliphatic carbocycles. The minimum atomic E-state index is -0.211. The first kappa shape index (κ1) is 16.4. The monoisotopic (exact) mass is 366 g/mol. The van der Waals surface area contributed by atoms with Crippen molar-refractivity contribution in [3.05, 3.63) is 58.6 Å². The summed E-state index contributed by atoms with van der Waals surface area (Å²) in [6.07, 6.45) is 5.79. The molecule has 5 rings (SSSR count). The molecule has 1 fully saturated rings. The Morgan fingerprint density at radius 3 is 2.59 bits per heavy atom. The van der Waals surface area contributed by atoms with Crippen molar-refractivity contribution in [3.63, 3.8) is 0 Å². The molecular formula is C21H22N2O4. The maximum atomic E-state index is 13.1. The van der Waals surface area contributed by atoms with E-state index in [1.165, 1.54) is 11.8 Å². The average molecular weight is 366 g/mol. The minimum Gasteiger partial charge on any atom is -0.618 e. The van der Waals surface area contributed by atoms with Gasteiger partial charge in [-0.25, -0.2) is 0 Å². The molecule has 6 nitrogen and oxygen atoms in total. The average Bonchev–Trinajstić information content (AvgIpc) is 3.15. The van der Waals surface area contributed by atoms with E-state index in [9.17, 15) is 10.0 Å². The van der Waals surface area contributed by atoms with Crippen LogP contribution >= 0.6 is 0 Å². The minimum absolute atomic E-state index is 0.0540. The molecule has 0 N–H and O–H groups in total. The molecule has 2 aliphatic heterocycles. The predicted octanol–water partition coefficient (Wildman–Crippen LogP) is 2.56. The van der Waals surface area contributed by atoms with E-state index in [4.69, 9.17) is 9.47 Å². The van der Waals surface area contributed by atoms with E-state index < -0.39 is 0 Å². The second-order valence-electron chi connectivity index (χ2n) is 7.71. The Kier molecular flexibility index (Phi) is 3.74. The van der Waals surface area contributed by atoms with Gasteiger partial charge in [-0.2, -0.15) is 4.73 Å². The Hall–Kier alpha value is -2.76. The zero-order chi connectivity index (χ0) is 18.4. The molecule has 0 saturated heterocycles. The van der Waals surface area contributed by atoms with Crippen molar-refractivity contribution in [3.8, 4) is 11.5 Å². The van der Waals surface area contributed by atoms with E-state index in [0.717, 1.165) is 42.7 Å². The number of amides is 1. The quantitative estimate of drug-likeness (QED) is 0.575. The summed E-state index contributed by atoms with van der Waals surface area (Å²) >= 11 is 0. The van der Waals surface area contributed by atoms with E-state index in [-0.39, 0.29) is 17.0 Å². The third-order valence-corrected chi connectivity index (χ3v) is 6.09. The number of rotatable bonds is 1. The van der Waals surface area contributed by atoms with Crippen LogP contribution in [0.1, 0.15) is 47.3 Å². The molecule has 1 spiro atoms. The highest BCUT2D eigenvalue weighted by atomic mass is 16.6. The van der Waals surface area contributed by atoms with Crippen molar-refractivity contribution < 1.29 is 19.0 Å². The molecule has 3 aliphatic rings. The molecule has 1 aromatic carbocycles. The molecule has 6 heteroatoms. The predicted molar refractivity (Wildman–Crippen MR) is 97.7 cm³/mol. The fourth-order valence-corrected chi connectivity index (χ4v) is 4.85. The van der Waals surface area contributed by atoms with Gasteiger partial charge in [-0.15, -0.1) is 0 Å². The molecule has 1 aromatic heterocycles. The third kappa shape index (κ3) is 2.62. The Labute approximate surface area is 157 Å². The van der Waals surface area contributed by atoms with Gasteiger partial charge in [0.1, 0.15) is 13.2 Å². The first-order chi connectivity index (χ1) is 13.2. The first-order valence-electron chi connectivity index (χ1n) is 9.57. The van der Waals surface area contributed by atoms with Crippen LogP contribution in [0.15, 0.2) is 36.5 Å². The van der Waals surface area contributed by atoms with Crippen LogP contribution in [0.2, 0.25) is 0 Å². The van der Waals surface area contributed by atoms with Gasteiger partial charge < -0.3 is 19.6 Å². The van der Waals surface area contributed by atoms with Crippen molar-refractivity contribution >= 4 is 5.91 Å². The standard InChI is InChI=1S/C21H22N2O4/c24-20(17-5-1-4-8-23(17)25)22-13-15-11-18-19(27-10-9-26-18)12-16(15)21(14-22)6-2-3-7-21/h1,4-5,8,11-12H,2-3,6-7,9-10,13-14H2. The SMILES string of the molecule is O=C(c1cccc[n+]1[O-])N1Cc2cc3c(cc2C2(CCCC2)C1)OCCO3. The van der Waals surface area contributed by atoms with Crippen LogP contribution in [0.25, 0.3) is 0 Å². The maximum absolute atomic E-state index is 13.1. The third-order valence-electron chi connectivity index (χ3n) is 6.09. The molecule has 0 bridgehead atoms. The largest absolute Gasteiger partial charge is 0.618 e. The number of fused-ring (bicyclic) bond motifs is 3. The van der Waals surface area contributed by atoms with Crippen LogP contribution in [0.3, 0.4) is 0 Å². The lowest BCUT2D eigenvalue weighted by molar-refractivity contribution is -0.608. The fourth-order valence-electron chi connectivity index (χ4n) is 4.85. The van der Waals surface area contributed by atoms with Crippen molar-refractivity contribution in [1.29, 1.82) is 0 Å². The van der Waals surface area contributed by atoms with Gasteiger partial charge in [0, 0.05) is 30.6 Å². The summed E-state index contributed by atoms with van der Waals surface area (Å²) in [4.78, 5) is 14.9. The van der Waals surface area contributed by atoms with Crippen LogP contribution in [0, 0.1) is 5.21 Å². The van der Waals surface area contributed by atoms with E-state index in [0.29, 0.717) is 31.0 Å². The van der Waals surface area contributed by atoms with Crippen LogP contribution in [0.5, 0.6) is 11.5 Å². The molecule has 0 atom stereocenters. The normalized spacial score (nSPS) is 19.8. The number of nitrogens with zero attached hydrogens (tertiary/aromatic N) is 2. The number of pyridine rings is 1.